The fourth-order valence-corrected chi connectivity index (χ4v) is 1.70. The molecule has 0 aliphatic carbocycles. The Morgan fingerprint density at radius 1 is 1.15 bits per heavy atom. The van der Waals surface area contributed by atoms with Crippen molar-refractivity contribution in [2.75, 3.05) is 5.32 Å². The van der Waals surface area contributed by atoms with Crippen LogP contribution in [0, 0.1) is 0 Å². The van der Waals surface area contributed by atoms with Crippen LogP contribution in [0.5, 0.6) is 5.75 Å². The Morgan fingerprint density at radius 2 is 1.85 bits per heavy atom. The molecule has 1 aromatic carbocycles. The van der Waals surface area contributed by atoms with Gasteiger partial charge >= 0.3 is 6.36 Å². The lowest BCUT2D eigenvalue weighted by Gasteiger charge is -2.10. The molecule has 20 heavy (non-hydrogen) atoms. The third-order valence-electron chi connectivity index (χ3n) is 2.38. The molecule has 1 aromatic heterocycles. The fraction of sp³-hybridized carbons (Fsp3) is 0.154. The maximum Gasteiger partial charge on any atom is 0.573 e. The first kappa shape index (κ1) is 14.5. The van der Waals surface area contributed by atoms with Crippen LogP contribution in [0.4, 0.5) is 18.9 Å². The summed E-state index contributed by atoms with van der Waals surface area (Å²) in [6.45, 7) is 0.451. The molecule has 3 nitrogen and oxygen atoms in total. The van der Waals surface area contributed by atoms with Crippen molar-refractivity contribution in [2.45, 2.75) is 12.9 Å². The summed E-state index contributed by atoms with van der Waals surface area (Å²) in [6, 6.07) is 9.04. The van der Waals surface area contributed by atoms with Crippen molar-refractivity contribution >= 4 is 17.3 Å². The first-order valence-corrected chi connectivity index (χ1v) is 6.00. The van der Waals surface area contributed by atoms with Gasteiger partial charge in [-0.15, -0.1) is 13.2 Å². The lowest BCUT2D eigenvalue weighted by molar-refractivity contribution is -0.274. The highest BCUT2D eigenvalue weighted by atomic mass is 35.5. The number of pyridine rings is 1. The molecule has 0 fully saturated rings. The number of hydrogen-bond acceptors (Lipinski definition) is 3. The highest BCUT2D eigenvalue weighted by molar-refractivity contribution is 6.29. The third kappa shape index (κ3) is 4.62. The van der Waals surface area contributed by atoms with E-state index >= 15 is 0 Å². The van der Waals surface area contributed by atoms with Gasteiger partial charge in [0.1, 0.15) is 10.9 Å². The number of alkyl halides is 3. The van der Waals surface area contributed by atoms with E-state index in [-0.39, 0.29) is 5.75 Å². The van der Waals surface area contributed by atoms with E-state index in [4.69, 9.17) is 11.6 Å². The lowest BCUT2D eigenvalue weighted by atomic mass is 10.2. The minimum absolute atomic E-state index is 0.242. The quantitative estimate of drug-likeness (QED) is 0.858. The number of ether oxygens (including phenoxy) is 1. The van der Waals surface area contributed by atoms with E-state index < -0.39 is 6.36 Å². The molecule has 1 heterocycles. The van der Waals surface area contributed by atoms with Gasteiger partial charge in [0.25, 0.3) is 0 Å². The molecule has 0 aliphatic rings. The van der Waals surface area contributed by atoms with Crippen LogP contribution >= 0.6 is 11.6 Å². The molecule has 0 unspecified atom stereocenters. The average Bonchev–Trinajstić information content (AvgIpc) is 2.36. The summed E-state index contributed by atoms with van der Waals surface area (Å²) in [7, 11) is 0. The fourth-order valence-electron chi connectivity index (χ4n) is 1.53. The van der Waals surface area contributed by atoms with Gasteiger partial charge in [0.05, 0.1) is 0 Å². The first-order chi connectivity index (χ1) is 9.42. The number of halogens is 4. The predicted molar refractivity (Wildman–Crippen MR) is 69.7 cm³/mol. The molecule has 0 saturated heterocycles. The Bertz CT molecular complexity index is 573. The van der Waals surface area contributed by atoms with Crippen LogP contribution in [-0.2, 0) is 6.54 Å². The molecule has 7 heteroatoms. The number of benzene rings is 1. The monoisotopic (exact) mass is 302 g/mol. The Morgan fingerprint density at radius 3 is 2.45 bits per heavy atom. The highest BCUT2D eigenvalue weighted by Crippen LogP contribution is 2.23. The summed E-state index contributed by atoms with van der Waals surface area (Å²) < 4.78 is 39.8. The van der Waals surface area contributed by atoms with Gasteiger partial charge in [0, 0.05) is 18.4 Å². The third-order valence-corrected chi connectivity index (χ3v) is 2.59. The minimum Gasteiger partial charge on any atom is -0.406 e. The number of hydrogen-bond donors (Lipinski definition) is 1. The molecule has 106 valence electrons. The van der Waals surface area contributed by atoms with Crippen molar-refractivity contribution in [2.24, 2.45) is 0 Å². The highest BCUT2D eigenvalue weighted by Gasteiger charge is 2.30. The van der Waals surface area contributed by atoms with Crippen LogP contribution in [0.1, 0.15) is 5.56 Å². The van der Waals surface area contributed by atoms with Crippen molar-refractivity contribution in [3.63, 3.8) is 0 Å². The van der Waals surface area contributed by atoms with Crippen LogP contribution < -0.4 is 10.1 Å². The number of nitrogens with one attached hydrogen (secondary N) is 1. The van der Waals surface area contributed by atoms with E-state index in [0.29, 0.717) is 11.7 Å². The van der Waals surface area contributed by atoms with Crippen molar-refractivity contribution in [3.05, 3.63) is 53.3 Å². The van der Waals surface area contributed by atoms with Gasteiger partial charge in [-0.3, -0.25) is 0 Å². The lowest BCUT2D eigenvalue weighted by Crippen LogP contribution is -2.17. The average molecular weight is 303 g/mol. The molecule has 0 saturated carbocycles. The van der Waals surface area contributed by atoms with Crippen molar-refractivity contribution in [1.29, 1.82) is 0 Å². The molecule has 0 radical (unpaired) electrons. The van der Waals surface area contributed by atoms with E-state index in [1.165, 1.54) is 12.1 Å². The van der Waals surface area contributed by atoms with Gasteiger partial charge < -0.3 is 10.1 Å². The van der Waals surface area contributed by atoms with Crippen molar-refractivity contribution < 1.29 is 17.9 Å². The Kier molecular flexibility index (Phi) is 4.34. The van der Waals surface area contributed by atoms with Crippen LogP contribution in [0.25, 0.3) is 0 Å². The number of aromatic nitrogens is 1. The van der Waals surface area contributed by atoms with Crippen LogP contribution in [0.2, 0.25) is 5.15 Å². The maximum absolute atomic E-state index is 12.0. The largest absolute Gasteiger partial charge is 0.573 e. The topological polar surface area (TPSA) is 34.1 Å². The van der Waals surface area contributed by atoms with Crippen molar-refractivity contribution in [3.8, 4) is 5.75 Å². The minimum atomic E-state index is -4.67. The number of anilines is 1. The second kappa shape index (κ2) is 6.00. The SMILES string of the molecule is FC(F)(F)Oc1ccc(CNc2ccnc(Cl)c2)cc1. The summed E-state index contributed by atoms with van der Waals surface area (Å²) in [5.41, 5.74) is 1.59. The van der Waals surface area contributed by atoms with Gasteiger partial charge in [-0.2, -0.15) is 0 Å². The molecule has 0 bridgehead atoms. The molecular formula is C13H10ClF3N2O. The summed E-state index contributed by atoms with van der Waals surface area (Å²) >= 11 is 5.73. The molecule has 2 aromatic rings. The summed E-state index contributed by atoms with van der Waals surface area (Å²) in [6.07, 6.45) is -3.11. The summed E-state index contributed by atoms with van der Waals surface area (Å²) in [5.74, 6) is -0.242. The van der Waals surface area contributed by atoms with E-state index in [0.717, 1.165) is 11.3 Å². The standard InChI is InChI=1S/C13H10ClF3N2O/c14-12-7-10(5-6-18-12)19-8-9-1-3-11(4-2-9)20-13(15,16)17/h1-7H,8H2,(H,18,19). The second-order valence-electron chi connectivity index (χ2n) is 3.91. The zero-order chi connectivity index (χ0) is 14.6. The van der Waals surface area contributed by atoms with E-state index in [9.17, 15) is 13.2 Å². The van der Waals surface area contributed by atoms with Gasteiger partial charge in [-0.25, -0.2) is 4.98 Å². The molecule has 0 spiro atoms. The molecule has 0 atom stereocenters. The summed E-state index contributed by atoms with van der Waals surface area (Å²) in [5, 5.41) is 3.45. The Labute approximate surface area is 118 Å². The zero-order valence-corrected chi connectivity index (χ0v) is 10.9. The molecule has 1 N–H and O–H groups in total. The second-order valence-corrected chi connectivity index (χ2v) is 4.30. The van der Waals surface area contributed by atoms with Gasteiger partial charge in [-0.05, 0) is 29.8 Å². The van der Waals surface area contributed by atoms with E-state index in [1.54, 1.807) is 30.5 Å². The van der Waals surface area contributed by atoms with E-state index in [1.807, 2.05) is 0 Å². The van der Waals surface area contributed by atoms with E-state index in [2.05, 4.69) is 15.0 Å². The Balaban J connectivity index is 1.94. The molecule has 2 rings (SSSR count). The number of rotatable bonds is 4. The number of nitrogens with zero attached hydrogens (tertiary/aromatic N) is 1. The van der Waals surface area contributed by atoms with Gasteiger partial charge in [0.2, 0.25) is 0 Å². The van der Waals surface area contributed by atoms with Gasteiger partial charge in [-0.1, -0.05) is 23.7 Å². The molecular weight excluding hydrogens is 293 g/mol. The Hall–Kier alpha value is -1.95. The first-order valence-electron chi connectivity index (χ1n) is 5.62. The zero-order valence-electron chi connectivity index (χ0n) is 10.1. The normalized spacial score (nSPS) is 11.2. The van der Waals surface area contributed by atoms with Crippen LogP contribution in [0.15, 0.2) is 42.6 Å². The van der Waals surface area contributed by atoms with Crippen LogP contribution in [-0.4, -0.2) is 11.3 Å². The van der Waals surface area contributed by atoms with Gasteiger partial charge in [0.15, 0.2) is 0 Å². The maximum atomic E-state index is 12.0. The smallest absolute Gasteiger partial charge is 0.406 e. The molecule has 0 aliphatic heterocycles. The molecule has 0 amide bonds. The van der Waals surface area contributed by atoms with Crippen molar-refractivity contribution in [1.82, 2.24) is 4.98 Å². The predicted octanol–water partition coefficient (Wildman–Crippen LogP) is 4.25. The van der Waals surface area contributed by atoms with Crippen LogP contribution in [0.3, 0.4) is 0 Å². The summed E-state index contributed by atoms with van der Waals surface area (Å²) in [4.78, 5) is 3.84.